The van der Waals surface area contributed by atoms with E-state index in [4.69, 9.17) is 5.11 Å². The monoisotopic (exact) mass is 262 g/mol. The number of carbonyl (C=O) groups is 1. The average molecular weight is 262 g/mol. The number of hydrogen-bond donors (Lipinski definition) is 2. The fraction of sp³-hybridized carbons (Fsp3) is 0.462. The Labute approximate surface area is 111 Å². The number of fused-ring (bicyclic) bond motifs is 1. The van der Waals surface area contributed by atoms with E-state index in [0.29, 0.717) is 17.6 Å². The maximum atomic E-state index is 12.2. The minimum Gasteiger partial charge on any atom is -0.396 e. The van der Waals surface area contributed by atoms with E-state index in [9.17, 15) is 4.79 Å². The molecule has 1 heterocycles. The second-order valence-corrected chi connectivity index (χ2v) is 4.54. The van der Waals surface area contributed by atoms with Crippen LogP contribution in [-0.4, -0.2) is 51.5 Å². The van der Waals surface area contributed by atoms with Crippen LogP contribution in [0.15, 0.2) is 18.2 Å². The number of rotatable bonds is 6. The molecule has 0 aliphatic carbocycles. The van der Waals surface area contributed by atoms with E-state index >= 15 is 0 Å². The highest BCUT2D eigenvalue weighted by Crippen LogP contribution is 2.12. The third-order valence-corrected chi connectivity index (χ3v) is 3.06. The molecule has 0 aliphatic rings. The van der Waals surface area contributed by atoms with Crippen molar-refractivity contribution in [3.05, 3.63) is 23.8 Å². The summed E-state index contributed by atoms with van der Waals surface area (Å²) in [6.07, 6.45) is 2.61. The number of carbonyl (C=O) groups excluding carboxylic acids is 1. The molecule has 0 bridgehead atoms. The van der Waals surface area contributed by atoms with E-state index in [1.54, 1.807) is 30.1 Å². The van der Waals surface area contributed by atoms with Crippen molar-refractivity contribution in [3.8, 4) is 0 Å². The van der Waals surface area contributed by atoms with E-state index in [-0.39, 0.29) is 12.5 Å². The van der Waals surface area contributed by atoms with Crippen LogP contribution in [0.1, 0.15) is 29.6 Å². The van der Waals surface area contributed by atoms with Gasteiger partial charge in [0.15, 0.2) is 0 Å². The zero-order chi connectivity index (χ0) is 13.7. The summed E-state index contributed by atoms with van der Waals surface area (Å²) in [5.74, 6) is -0.0195. The number of aromatic nitrogens is 3. The Morgan fingerprint density at radius 2 is 2.05 bits per heavy atom. The third-order valence-electron chi connectivity index (χ3n) is 3.06. The molecular formula is C13H18N4O2. The standard InChI is InChI=1S/C13H18N4O2/c1-17(7-3-2-4-8-18)13(19)10-5-6-11-12(9-10)15-16-14-11/h5-6,9,18H,2-4,7-8H2,1H3,(H,14,15,16). The highest BCUT2D eigenvalue weighted by atomic mass is 16.2. The molecular weight excluding hydrogens is 244 g/mol. The van der Waals surface area contributed by atoms with Crippen molar-refractivity contribution in [1.29, 1.82) is 0 Å². The number of aliphatic hydroxyl groups excluding tert-OH is 1. The molecule has 0 fully saturated rings. The predicted molar refractivity (Wildman–Crippen MR) is 71.8 cm³/mol. The first-order valence-electron chi connectivity index (χ1n) is 6.39. The maximum absolute atomic E-state index is 12.2. The van der Waals surface area contributed by atoms with Gasteiger partial charge in [0.2, 0.25) is 0 Å². The Morgan fingerprint density at radius 3 is 2.84 bits per heavy atom. The average Bonchev–Trinajstić information content (AvgIpc) is 2.89. The van der Waals surface area contributed by atoms with Gasteiger partial charge in [-0.3, -0.25) is 4.79 Å². The number of H-pyrrole nitrogens is 1. The van der Waals surface area contributed by atoms with Gasteiger partial charge in [0.25, 0.3) is 5.91 Å². The molecule has 1 aromatic carbocycles. The molecule has 19 heavy (non-hydrogen) atoms. The molecule has 2 rings (SSSR count). The molecule has 2 N–H and O–H groups in total. The molecule has 0 unspecified atom stereocenters. The highest BCUT2D eigenvalue weighted by Gasteiger charge is 2.12. The van der Waals surface area contributed by atoms with Gasteiger partial charge in [-0.05, 0) is 37.5 Å². The van der Waals surface area contributed by atoms with Crippen LogP contribution in [-0.2, 0) is 0 Å². The number of amides is 1. The van der Waals surface area contributed by atoms with Gasteiger partial charge in [0.05, 0.1) is 0 Å². The highest BCUT2D eigenvalue weighted by molar-refractivity contribution is 5.97. The van der Waals surface area contributed by atoms with Crippen molar-refractivity contribution in [3.63, 3.8) is 0 Å². The molecule has 0 atom stereocenters. The Balaban J connectivity index is 1.97. The van der Waals surface area contributed by atoms with Gasteiger partial charge in [-0.15, -0.1) is 0 Å². The molecule has 6 nitrogen and oxygen atoms in total. The largest absolute Gasteiger partial charge is 0.396 e. The Bertz CT molecular complexity index is 552. The summed E-state index contributed by atoms with van der Waals surface area (Å²) in [4.78, 5) is 13.9. The molecule has 1 aromatic heterocycles. The molecule has 0 aliphatic heterocycles. The number of nitrogens with zero attached hydrogens (tertiary/aromatic N) is 3. The quantitative estimate of drug-likeness (QED) is 0.766. The number of nitrogens with one attached hydrogen (secondary N) is 1. The van der Waals surface area contributed by atoms with Gasteiger partial charge < -0.3 is 10.0 Å². The smallest absolute Gasteiger partial charge is 0.253 e. The summed E-state index contributed by atoms with van der Waals surface area (Å²) >= 11 is 0. The summed E-state index contributed by atoms with van der Waals surface area (Å²) in [5.41, 5.74) is 2.06. The van der Waals surface area contributed by atoms with E-state index < -0.39 is 0 Å². The molecule has 0 saturated carbocycles. The van der Waals surface area contributed by atoms with Crippen LogP contribution in [0.4, 0.5) is 0 Å². The number of aromatic amines is 1. The normalized spacial score (nSPS) is 10.8. The zero-order valence-corrected chi connectivity index (χ0v) is 11.0. The van der Waals surface area contributed by atoms with Crippen LogP contribution >= 0.6 is 0 Å². The van der Waals surface area contributed by atoms with Gasteiger partial charge in [0, 0.05) is 25.8 Å². The van der Waals surface area contributed by atoms with Crippen molar-refractivity contribution in [2.45, 2.75) is 19.3 Å². The zero-order valence-electron chi connectivity index (χ0n) is 11.0. The maximum Gasteiger partial charge on any atom is 0.253 e. The van der Waals surface area contributed by atoms with Gasteiger partial charge in [-0.1, -0.05) is 0 Å². The lowest BCUT2D eigenvalue weighted by Gasteiger charge is -2.16. The van der Waals surface area contributed by atoms with Crippen LogP contribution in [0.5, 0.6) is 0 Å². The predicted octanol–water partition coefficient (Wildman–Crippen LogP) is 1.19. The van der Waals surface area contributed by atoms with Crippen LogP contribution < -0.4 is 0 Å². The first kappa shape index (κ1) is 13.5. The number of unbranched alkanes of at least 4 members (excludes halogenated alkanes) is 2. The number of aliphatic hydroxyl groups is 1. The SMILES string of the molecule is CN(CCCCCO)C(=O)c1ccc2n[nH]nc2c1. The van der Waals surface area contributed by atoms with Crippen molar-refractivity contribution in [2.75, 3.05) is 20.2 Å². The van der Waals surface area contributed by atoms with Crippen LogP contribution in [0.25, 0.3) is 11.0 Å². The molecule has 0 spiro atoms. The van der Waals surface area contributed by atoms with Crippen molar-refractivity contribution >= 4 is 16.9 Å². The molecule has 1 amide bonds. The van der Waals surface area contributed by atoms with E-state index in [0.717, 1.165) is 24.8 Å². The molecule has 102 valence electrons. The summed E-state index contributed by atoms with van der Waals surface area (Å²) in [6.45, 7) is 0.899. The fourth-order valence-corrected chi connectivity index (χ4v) is 1.93. The Kier molecular flexibility index (Phi) is 4.46. The lowest BCUT2D eigenvalue weighted by molar-refractivity contribution is 0.0792. The Morgan fingerprint density at radius 1 is 1.26 bits per heavy atom. The summed E-state index contributed by atoms with van der Waals surface area (Å²) in [5, 5.41) is 19.2. The van der Waals surface area contributed by atoms with Gasteiger partial charge >= 0.3 is 0 Å². The van der Waals surface area contributed by atoms with Crippen molar-refractivity contribution in [1.82, 2.24) is 20.3 Å². The summed E-state index contributed by atoms with van der Waals surface area (Å²) in [6, 6.07) is 5.29. The lowest BCUT2D eigenvalue weighted by Crippen LogP contribution is -2.27. The summed E-state index contributed by atoms with van der Waals surface area (Å²) in [7, 11) is 1.79. The minimum atomic E-state index is -0.0195. The second kappa shape index (κ2) is 6.29. The first-order chi connectivity index (χ1) is 9.22. The molecule has 0 saturated heterocycles. The molecule has 0 radical (unpaired) electrons. The first-order valence-corrected chi connectivity index (χ1v) is 6.39. The van der Waals surface area contributed by atoms with Crippen molar-refractivity contribution in [2.24, 2.45) is 0 Å². The van der Waals surface area contributed by atoms with Gasteiger partial charge in [-0.25, -0.2) is 0 Å². The van der Waals surface area contributed by atoms with Crippen LogP contribution in [0, 0.1) is 0 Å². The molecule has 2 aromatic rings. The summed E-state index contributed by atoms with van der Waals surface area (Å²) < 4.78 is 0. The van der Waals surface area contributed by atoms with E-state index in [2.05, 4.69) is 15.4 Å². The van der Waals surface area contributed by atoms with E-state index in [1.165, 1.54) is 0 Å². The molecule has 6 heteroatoms. The third kappa shape index (κ3) is 3.29. The Hall–Kier alpha value is -1.95. The fourth-order valence-electron chi connectivity index (χ4n) is 1.93. The van der Waals surface area contributed by atoms with Crippen LogP contribution in [0.3, 0.4) is 0 Å². The van der Waals surface area contributed by atoms with E-state index in [1.807, 2.05) is 0 Å². The number of hydrogen-bond acceptors (Lipinski definition) is 4. The topological polar surface area (TPSA) is 82.1 Å². The van der Waals surface area contributed by atoms with Gasteiger partial charge in [-0.2, -0.15) is 15.4 Å². The van der Waals surface area contributed by atoms with Crippen LogP contribution in [0.2, 0.25) is 0 Å². The van der Waals surface area contributed by atoms with Gasteiger partial charge in [0.1, 0.15) is 11.0 Å². The minimum absolute atomic E-state index is 0.0195. The second-order valence-electron chi connectivity index (χ2n) is 4.54. The lowest BCUT2D eigenvalue weighted by atomic mass is 10.1. The van der Waals surface area contributed by atoms with Crippen molar-refractivity contribution < 1.29 is 9.90 Å². The number of benzene rings is 1.